The minimum absolute atomic E-state index is 0.0478. The van der Waals surface area contributed by atoms with Gasteiger partial charge in [-0.05, 0) is 56.2 Å². The van der Waals surface area contributed by atoms with Crippen molar-refractivity contribution in [3.05, 3.63) is 64.5 Å². The van der Waals surface area contributed by atoms with Crippen molar-refractivity contribution in [1.82, 2.24) is 9.80 Å². The number of carbonyl (C=O) groups excluding carboxylic acids is 2. The van der Waals surface area contributed by atoms with E-state index in [0.29, 0.717) is 38.3 Å². The third-order valence-electron chi connectivity index (χ3n) is 5.06. The molecule has 1 aliphatic rings. The summed E-state index contributed by atoms with van der Waals surface area (Å²) in [6.07, 6.45) is 0. The Kier molecular flexibility index (Phi) is 6.09. The Morgan fingerprint density at radius 3 is 2.11 bits per heavy atom. The highest BCUT2D eigenvalue weighted by Crippen LogP contribution is 2.22. The van der Waals surface area contributed by atoms with Crippen molar-refractivity contribution in [2.24, 2.45) is 0 Å². The molecule has 3 rings (SSSR count). The molecule has 0 unspecified atom stereocenters. The van der Waals surface area contributed by atoms with E-state index in [9.17, 15) is 14.0 Å². The molecule has 6 heteroatoms. The van der Waals surface area contributed by atoms with Crippen molar-refractivity contribution in [2.75, 3.05) is 38.0 Å². The van der Waals surface area contributed by atoms with E-state index in [1.165, 1.54) is 29.8 Å². The number of carbonyl (C=O) groups is 2. The molecule has 2 aromatic carbocycles. The summed E-state index contributed by atoms with van der Waals surface area (Å²) in [5.74, 6) is -0.505. The number of piperazine rings is 1. The summed E-state index contributed by atoms with van der Waals surface area (Å²) in [6.45, 7) is 8.69. The van der Waals surface area contributed by atoms with Gasteiger partial charge in [0.1, 0.15) is 5.82 Å². The van der Waals surface area contributed by atoms with Gasteiger partial charge in [-0.3, -0.25) is 14.5 Å². The van der Waals surface area contributed by atoms with E-state index in [4.69, 9.17) is 0 Å². The Balaban J connectivity index is 1.52. The molecule has 2 amide bonds. The van der Waals surface area contributed by atoms with Crippen LogP contribution < -0.4 is 5.32 Å². The van der Waals surface area contributed by atoms with Crippen LogP contribution in [-0.2, 0) is 4.79 Å². The zero-order chi connectivity index (χ0) is 20.3. The normalized spacial score (nSPS) is 14.8. The molecule has 1 heterocycles. The molecular formula is C22H26FN3O2. The molecule has 0 aliphatic carbocycles. The number of hydrogen-bond donors (Lipinski definition) is 1. The van der Waals surface area contributed by atoms with E-state index in [1.54, 1.807) is 4.90 Å². The Hall–Kier alpha value is -2.73. The molecule has 1 aliphatic heterocycles. The monoisotopic (exact) mass is 383 g/mol. The molecule has 1 N–H and O–H groups in total. The van der Waals surface area contributed by atoms with Gasteiger partial charge in [-0.2, -0.15) is 0 Å². The van der Waals surface area contributed by atoms with Gasteiger partial charge in [0.05, 0.1) is 6.54 Å². The van der Waals surface area contributed by atoms with Crippen molar-refractivity contribution >= 4 is 17.5 Å². The van der Waals surface area contributed by atoms with Crippen molar-refractivity contribution in [3.63, 3.8) is 0 Å². The molecule has 28 heavy (non-hydrogen) atoms. The van der Waals surface area contributed by atoms with E-state index in [2.05, 4.69) is 17.4 Å². The van der Waals surface area contributed by atoms with Crippen LogP contribution in [0.25, 0.3) is 0 Å². The lowest BCUT2D eigenvalue weighted by molar-refractivity contribution is -0.117. The second kappa shape index (κ2) is 8.52. The van der Waals surface area contributed by atoms with Crippen molar-refractivity contribution in [3.8, 4) is 0 Å². The lowest BCUT2D eigenvalue weighted by atomic mass is 10.1. The standard InChI is InChI=1S/C22H26FN3O2/c1-15-12-16(2)21(17(3)13-15)24-20(27)14-25-8-10-26(11-9-25)22(28)18-4-6-19(23)7-5-18/h4-7,12-13H,8-11,14H2,1-3H3,(H,24,27). The molecule has 0 bridgehead atoms. The third kappa shape index (κ3) is 4.75. The van der Waals surface area contributed by atoms with Crippen LogP contribution in [0, 0.1) is 26.6 Å². The zero-order valence-electron chi connectivity index (χ0n) is 16.6. The highest BCUT2D eigenvalue weighted by atomic mass is 19.1. The topological polar surface area (TPSA) is 52.7 Å². The van der Waals surface area contributed by atoms with Gasteiger partial charge in [0, 0.05) is 37.4 Å². The Labute approximate surface area is 165 Å². The van der Waals surface area contributed by atoms with Gasteiger partial charge in [-0.1, -0.05) is 17.7 Å². The van der Waals surface area contributed by atoms with Crippen LogP contribution in [0.1, 0.15) is 27.0 Å². The SMILES string of the molecule is Cc1cc(C)c(NC(=O)CN2CCN(C(=O)c3ccc(F)cc3)CC2)c(C)c1. The number of hydrogen-bond acceptors (Lipinski definition) is 3. The first-order valence-electron chi connectivity index (χ1n) is 9.48. The smallest absolute Gasteiger partial charge is 0.253 e. The molecule has 0 atom stereocenters. The minimum atomic E-state index is -0.355. The van der Waals surface area contributed by atoms with Crippen LogP contribution in [0.3, 0.4) is 0 Å². The van der Waals surface area contributed by atoms with E-state index >= 15 is 0 Å². The fraction of sp³-hybridized carbons (Fsp3) is 0.364. The third-order valence-corrected chi connectivity index (χ3v) is 5.06. The van der Waals surface area contributed by atoms with Crippen molar-refractivity contribution in [1.29, 1.82) is 0 Å². The first kappa shape index (κ1) is 20.0. The van der Waals surface area contributed by atoms with Gasteiger partial charge in [0.2, 0.25) is 5.91 Å². The molecule has 2 aromatic rings. The predicted octanol–water partition coefficient (Wildman–Crippen LogP) is 3.15. The first-order chi connectivity index (χ1) is 13.3. The molecule has 0 aromatic heterocycles. The summed E-state index contributed by atoms with van der Waals surface area (Å²) < 4.78 is 13.0. The fourth-order valence-electron chi connectivity index (χ4n) is 3.64. The molecule has 148 valence electrons. The zero-order valence-corrected chi connectivity index (χ0v) is 16.6. The van der Waals surface area contributed by atoms with Crippen LogP contribution in [-0.4, -0.2) is 54.3 Å². The van der Waals surface area contributed by atoms with Gasteiger partial charge in [0.25, 0.3) is 5.91 Å². The minimum Gasteiger partial charge on any atom is -0.336 e. The summed E-state index contributed by atoms with van der Waals surface area (Å²) >= 11 is 0. The number of nitrogens with zero attached hydrogens (tertiary/aromatic N) is 2. The number of halogens is 1. The predicted molar refractivity (Wildman–Crippen MR) is 108 cm³/mol. The molecule has 5 nitrogen and oxygen atoms in total. The quantitative estimate of drug-likeness (QED) is 0.883. The van der Waals surface area contributed by atoms with Crippen molar-refractivity contribution < 1.29 is 14.0 Å². The lowest BCUT2D eigenvalue weighted by Gasteiger charge is -2.34. The number of aryl methyl sites for hydroxylation is 3. The highest BCUT2D eigenvalue weighted by molar-refractivity contribution is 5.95. The van der Waals surface area contributed by atoms with E-state index in [1.807, 2.05) is 25.7 Å². The lowest BCUT2D eigenvalue weighted by Crippen LogP contribution is -2.50. The molecule has 0 saturated carbocycles. The van der Waals surface area contributed by atoms with Crippen LogP contribution in [0.2, 0.25) is 0 Å². The average Bonchev–Trinajstić information content (AvgIpc) is 2.65. The average molecular weight is 383 g/mol. The first-order valence-corrected chi connectivity index (χ1v) is 9.48. The summed E-state index contributed by atoms with van der Waals surface area (Å²) in [6, 6.07) is 9.71. The molecule has 1 saturated heterocycles. The van der Waals surface area contributed by atoms with Crippen LogP contribution in [0.5, 0.6) is 0 Å². The maximum absolute atomic E-state index is 13.0. The second-order valence-electron chi connectivity index (χ2n) is 7.40. The van der Waals surface area contributed by atoms with Gasteiger partial charge in [0.15, 0.2) is 0 Å². The summed E-state index contributed by atoms with van der Waals surface area (Å²) in [4.78, 5) is 28.7. The molecule has 0 radical (unpaired) electrons. The van der Waals surface area contributed by atoms with Crippen LogP contribution in [0.4, 0.5) is 10.1 Å². The number of amides is 2. The van der Waals surface area contributed by atoms with Gasteiger partial charge < -0.3 is 10.2 Å². The van der Waals surface area contributed by atoms with E-state index in [-0.39, 0.29) is 17.6 Å². The highest BCUT2D eigenvalue weighted by Gasteiger charge is 2.23. The van der Waals surface area contributed by atoms with Crippen LogP contribution >= 0.6 is 0 Å². The number of rotatable bonds is 4. The number of nitrogens with one attached hydrogen (secondary N) is 1. The van der Waals surface area contributed by atoms with E-state index < -0.39 is 0 Å². The Morgan fingerprint density at radius 2 is 1.54 bits per heavy atom. The number of benzene rings is 2. The molecule has 1 fully saturated rings. The summed E-state index contributed by atoms with van der Waals surface area (Å²) in [5, 5.41) is 3.02. The van der Waals surface area contributed by atoms with Crippen LogP contribution in [0.15, 0.2) is 36.4 Å². The van der Waals surface area contributed by atoms with E-state index in [0.717, 1.165) is 16.8 Å². The van der Waals surface area contributed by atoms with Crippen molar-refractivity contribution in [2.45, 2.75) is 20.8 Å². The summed E-state index contributed by atoms with van der Waals surface area (Å²) in [5.41, 5.74) is 4.65. The second-order valence-corrected chi connectivity index (χ2v) is 7.40. The van der Waals surface area contributed by atoms with Gasteiger partial charge >= 0.3 is 0 Å². The largest absolute Gasteiger partial charge is 0.336 e. The molecule has 0 spiro atoms. The number of anilines is 1. The maximum Gasteiger partial charge on any atom is 0.253 e. The van der Waals surface area contributed by atoms with Gasteiger partial charge in [-0.15, -0.1) is 0 Å². The molecular weight excluding hydrogens is 357 g/mol. The van der Waals surface area contributed by atoms with Gasteiger partial charge in [-0.25, -0.2) is 4.39 Å². The Morgan fingerprint density at radius 1 is 0.964 bits per heavy atom. The maximum atomic E-state index is 13.0. The Bertz CT molecular complexity index is 849. The fourth-order valence-corrected chi connectivity index (χ4v) is 3.64. The summed E-state index contributed by atoms with van der Waals surface area (Å²) in [7, 11) is 0.